The fourth-order valence-corrected chi connectivity index (χ4v) is 0.266. The van der Waals surface area contributed by atoms with E-state index in [0.29, 0.717) is 6.29 Å². The molecule has 0 aliphatic carbocycles. The number of aldehydes is 1. The van der Waals surface area contributed by atoms with Gasteiger partial charge in [-0.05, 0) is 6.08 Å². The minimum Gasteiger partial charge on any atom is -0.299 e. The lowest BCUT2D eigenvalue weighted by atomic mass is 10.5. The molecule has 0 aliphatic heterocycles. The number of rotatable bonds is 4. The van der Waals surface area contributed by atoms with Gasteiger partial charge in [-0.15, -0.1) is 0 Å². The first-order valence-corrected chi connectivity index (χ1v) is 2.56. The highest BCUT2D eigenvalue weighted by Crippen LogP contribution is 1.70. The summed E-state index contributed by atoms with van der Waals surface area (Å²) in [6, 6.07) is 0. The first kappa shape index (κ1) is 9.15. The maximum atomic E-state index is 10.5. The largest absolute Gasteiger partial charge is 0.299 e. The van der Waals surface area contributed by atoms with Gasteiger partial charge in [0, 0.05) is 6.08 Å². The molecule has 0 heterocycles. The van der Waals surface area contributed by atoms with Crippen LogP contribution in [-0.4, -0.2) is 18.6 Å². The normalized spacial score (nSPS) is 10.2. The Bertz CT molecular complexity index is 209. The summed E-state index contributed by atoms with van der Waals surface area (Å²) in [4.78, 5) is 29.6. The lowest BCUT2D eigenvalue weighted by Gasteiger charge is -1.85. The van der Waals surface area contributed by atoms with Crippen molar-refractivity contribution >= 4 is 18.6 Å². The minimum atomic E-state index is -0.622. The van der Waals surface area contributed by atoms with Crippen LogP contribution in [0.5, 0.6) is 0 Å². The minimum absolute atomic E-state index is 0.170. The highest BCUT2D eigenvalue weighted by Gasteiger charge is 1.88. The average Bonchev–Trinajstić information content (AvgIpc) is 2.01. The van der Waals surface area contributed by atoms with Crippen LogP contribution in [-0.2, 0) is 14.4 Å². The molecule has 0 rings (SSSR count). The van der Waals surface area contributed by atoms with Crippen LogP contribution in [0.15, 0.2) is 22.5 Å². The van der Waals surface area contributed by atoms with Crippen LogP contribution >= 0.6 is 0 Å². The Labute approximate surface area is 62.0 Å². The van der Waals surface area contributed by atoms with E-state index < -0.39 is 5.91 Å². The van der Waals surface area contributed by atoms with Gasteiger partial charge < -0.3 is 0 Å². The third-order valence-electron chi connectivity index (χ3n) is 0.591. The Morgan fingerprint density at radius 2 is 2.09 bits per heavy atom. The molecule has 0 bridgehead atoms. The highest BCUT2D eigenvalue weighted by molar-refractivity contribution is 5.90. The zero-order valence-electron chi connectivity index (χ0n) is 5.43. The van der Waals surface area contributed by atoms with Crippen molar-refractivity contribution in [2.24, 2.45) is 10.3 Å². The number of hydrogen-bond acceptors (Lipinski definition) is 4. The molecule has 0 fully saturated rings. The standard InChI is InChI=1S/C5H5N3O3/c9-3-1-2-5(11)7-8-6-4-10/h1-4H,(H,6,7,10,11)/b2-1-. The molecule has 6 heteroatoms. The van der Waals surface area contributed by atoms with E-state index >= 15 is 0 Å². The molecule has 0 radical (unpaired) electrons. The van der Waals surface area contributed by atoms with E-state index in [-0.39, 0.29) is 6.41 Å². The summed E-state index contributed by atoms with van der Waals surface area (Å²) in [5, 5.41) is 5.74. The van der Waals surface area contributed by atoms with Crippen LogP contribution in [0.4, 0.5) is 0 Å². The van der Waals surface area contributed by atoms with Crippen LogP contribution in [0.1, 0.15) is 0 Å². The van der Waals surface area contributed by atoms with Crippen molar-refractivity contribution in [3.63, 3.8) is 0 Å². The summed E-state index contributed by atoms with van der Waals surface area (Å²) in [5.74, 6) is -0.622. The maximum Gasteiger partial charge on any atom is 0.265 e. The van der Waals surface area contributed by atoms with Gasteiger partial charge in [0.1, 0.15) is 6.29 Å². The topological polar surface area (TPSA) is 88.0 Å². The average molecular weight is 155 g/mol. The van der Waals surface area contributed by atoms with E-state index in [1.165, 1.54) is 0 Å². The van der Waals surface area contributed by atoms with Gasteiger partial charge in [0.2, 0.25) is 0 Å². The first-order chi connectivity index (χ1) is 5.31. The Hall–Kier alpha value is -1.85. The van der Waals surface area contributed by atoms with Crippen molar-refractivity contribution in [1.29, 1.82) is 0 Å². The van der Waals surface area contributed by atoms with Crippen LogP contribution in [0.3, 0.4) is 0 Å². The molecule has 0 spiro atoms. The van der Waals surface area contributed by atoms with Gasteiger partial charge in [-0.3, -0.25) is 14.4 Å². The van der Waals surface area contributed by atoms with E-state index in [1.54, 1.807) is 0 Å². The number of carbonyl (C=O) groups is 3. The molecule has 2 amide bonds. The predicted octanol–water partition coefficient (Wildman–Crippen LogP) is -0.619. The van der Waals surface area contributed by atoms with Crippen molar-refractivity contribution in [3.8, 4) is 0 Å². The highest BCUT2D eigenvalue weighted by atomic mass is 16.2. The zero-order chi connectivity index (χ0) is 8.53. The Kier molecular flexibility index (Phi) is 5.22. The first-order valence-electron chi connectivity index (χ1n) is 2.56. The Morgan fingerprint density at radius 1 is 1.36 bits per heavy atom. The lowest BCUT2D eigenvalue weighted by molar-refractivity contribution is -0.117. The molecular formula is C5H5N3O3. The number of carbonyl (C=O) groups excluding carboxylic acids is 3. The molecule has 0 saturated carbocycles. The molecule has 0 aromatic heterocycles. The summed E-state index contributed by atoms with van der Waals surface area (Å²) in [6.45, 7) is 0. The molecule has 0 saturated heterocycles. The van der Waals surface area contributed by atoms with E-state index in [9.17, 15) is 14.4 Å². The van der Waals surface area contributed by atoms with Crippen molar-refractivity contribution in [1.82, 2.24) is 5.43 Å². The quantitative estimate of drug-likeness (QED) is 0.254. The zero-order valence-corrected chi connectivity index (χ0v) is 5.43. The molecule has 6 nitrogen and oxygen atoms in total. The van der Waals surface area contributed by atoms with Crippen molar-refractivity contribution in [2.75, 3.05) is 0 Å². The molecule has 0 aliphatic rings. The monoisotopic (exact) mass is 155 g/mol. The van der Waals surface area contributed by atoms with E-state index in [0.717, 1.165) is 12.2 Å². The van der Waals surface area contributed by atoms with Gasteiger partial charge in [0.05, 0.1) is 0 Å². The third-order valence-corrected chi connectivity index (χ3v) is 0.591. The van der Waals surface area contributed by atoms with Gasteiger partial charge in [0.25, 0.3) is 12.3 Å². The fraction of sp³-hybridized carbons (Fsp3) is 0. The van der Waals surface area contributed by atoms with Gasteiger partial charge >= 0.3 is 0 Å². The number of amides is 2. The Balaban J connectivity index is 3.69. The van der Waals surface area contributed by atoms with Crippen molar-refractivity contribution < 1.29 is 14.4 Å². The summed E-state index contributed by atoms with van der Waals surface area (Å²) in [7, 11) is 0. The number of nitrogens with zero attached hydrogens (tertiary/aromatic N) is 2. The van der Waals surface area contributed by atoms with Gasteiger partial charge in [-0.25, -0.2) is 5.43 Å². The molecule has 1 N–H and O–H groups in total. The lowest BCUT2D eigenvalue weighted by Crippen LogP contribution is -2.12. The third kappa shape index (κ3) is 6.03. The second-order valence-electron chi connectivity index (χ2n) is 1.29. The smallest absolute Gasteiger partial charge is 0.265 e. The second kappa shape index (κ2) is 6.27. The molecule has 0 unspecified atom stereocenters. The summed E-state index contributed by atoms with van der Waals surface area (Å²) in [6.07, 6.45) is 2.56. The van der Waals surface area contributed by atoms with E-state index in [1.807, 2.05) is 5.43 Å². The fourth-order valence-electron chi connectivity index (χ4n) is 0.266. The number of nitrogens with one attached hydrogen (secondary N) is 1. The molecule has 0 aromatic carbocycles. The van der Waals surface area contributed by atoms with Gasteiger partial charge in [-0.1, -0.05) is 10.3 Å². The van der Waals surface area contributed by atoms with E-state index in [4.69, 9.17) is 0 Å². The maximum absolute atomic E-state index is 10.5. The van der Waals surface area contributed by atoms with Crippen LogP contribution in [0, 0.1) is 0 Å². The van der Waals surface area contributed by atoms with Crippen LogP contribution < -0.4 is 5.43 Å². The molecule has 11 heavy (non-hydrogen) atoms. The molecule has 58 valence electrons. The van der Waals surface area contributed by atoms with E-state index in [2.05, 4.69) is 10.3 Å². The van der Waals surface area contributed by atoms with Gasteiger partial charge in [-0.2, -0.15) is 0 Å². The van der Waals surface area contributed by atoms with Crippen LogP contribution in [0.25, 0.3) is 0 Å². The molecular weight excluding hydrogens is 150 g/mol. The number of hydrogen-bond donors (Lipinski definition) is 1. The molecule has 0 atom stereocenters. The molecule has 0 aromatic rings. The second-order valence-corrected chi connectivity index (χ2v) is 1.29. The predicted molar refractivity (Wildman–Crippen MR) is 34.3 cm³/mol. The summed E-state index contributed by atoms with van der Waals surface area (Å²) < 4.78 is 0. The van der Waals surface area contributed by atoms with Gasteiger partial charge in [0.15, 0.2) is 0 Å². The SMILES string of the molecule is O=C/C=C\C(=O)NN=NC=O. The van der Waals surface area contributed by atoms with Crippen molar-refractivity contribution in [3.05, 3.63) is 12.2 Å². The Morgan fingerprint density at radius 3 is 2.64 bits per heavy atom. The number of allylic oxidation sites excluding steroid dienone is 1. The summed E-state index contributed by atoms with van der Waals surface area (Å²) >= 11 is 0. The summed E-state index contributed by atoms with van der Waals surface area (Å²) in [5.41, 5.74) is 1.86. The van der Waals surface area contributed by atoms with Crippen molar-refractivity contribution in [2.45, 2.75) is 0 Å². The van der Waals surface area contributed by atoms with Crippen LogP contribution in [0.2, 0.25) is 0 Å².